The number of benzene rings is 2. The van der Waals surface area contributed by atoms with E-state index in [1.807, 2.05) is 0 Å². The molecule has 2 aromatic carbocycles. The number of hydrogen-bond acceptors (Lipinski definition) is 4. The largest absolute Gasteiger partial charge is 0.351 e. The van der Waals surface area contributed by atoms with Crippen LogP contribution in [0.25, 0.3) is 0 Å². The van der Waals surface area contributed by atoms with Gasteiger partial charge < -0.3 is 20.9 Å². The first-order valence-corrected chi connectivity index (χ1v) is 10.7. The van der Waals surface area contributed by atoms with E-state index < -0.39 is 0 Å². The predicted molar refractivity (Wildman–Crippen MR) is 126 cm³/mol. The van der Waals surface area contributed by atoms with E-state index in [2.05, 4.69) is 34.7 Å². The highest BCUT2D eigenvalue weighted by Gasteiger charge is 2.08. The van der Waals surface area contributed by atoms with E-state index in [9.17, 15) is 9.59 Å². The van der Waals surface area contributed by atoms with Gasteiger partial charge in [-0.25, -0.2) is 0 Å². The number of carbonyl (C=O) groups is 2. The van der Waals surface area contributed by atoms with Gasteiger partial charge in [-0.15, -0.1) is 0 Å². The monoisotopic (exact) mass is 446 g/mol. The van der Waals surface area contributed by atoms with E-state index in [-0.39, 0.29) is 23.3 Å². The Hall–Kier alpha value is -2.48. The molecule has 2 rings (SSSR count). The first-order valence-electron chi connectivity index (χ1n) is 9.87. The van der Waals surface area contributed by atoms with Crippen molar-refractivity contribution in [3.63, 3.8) is 0 Å². The molecule has 0 saturated carbocycles. The van der Waals surface area contributed by atoms with Gasteiger partial charge in [-0.05, 0) is 67.3 Å². The van der Waals surface area contributed by atoms with Crippen LogP contribution in [0.1, 0.15) is 29.8 Å². The Balaban J connectivity index is 1.78. The Bertz CT molecular complexity index is 852. The summed E-state index contributed by atoms with van der Waals surface area (Å²) in [4.78, 5) is 26.6. The third-order valence-corrected chi connectivity index (χ3v) is 5.00. The van der Waals surface area contributed by atoms with Crippen molar-refractivity contribution in [2.45, 2.75) is 20.3 Å². The second-order valence-corrected chi connectivity index (χ2v) is 7.51. The average molecular weight is 447 g/mol. The van der Waals surface area contributed by atoms with Crippen molar-refractivity contribution >= 4 is 46.4 Å². The minimum atomic E-state index is -0.223. The molecule has 0 aliphatic carbocycles. The summed E-state index contributed by atoms with van der Waals surface area (Å²) >= 11 is 11.0. The van der Waals surface area contributed by atoms with Crippen LogP contribution in [-0.4, -0.2) is 48.0 Å². The lowest BCUT2D eigenvalue weighted by atomic mass is 10.1. The van der Waals surface area contributed by atoms with Gasteiger partial charge in [-0.1, -0.05) is 37.6 Å². The molecule has 0 aliphatic rings. The fourth-order valence-electron chi connectivity index (χ4n) is 2.80. The molecule has 0 atom stereocenters. The van der Waals surface area contributed by atoms with Gasteiger partial charge in [0.25, 0.3) is 5.91 Å². The van der Waals surface area contributed by atoms with Crippen LogP contribution in [0.15, 0.2) is 48.5 Å². The molecule has 8 heteroatoms. The normalized spacial score (nSPS) is 10.5. The smallest absolute Gasteiger partial charge is 0.251 e. The zero-order valence-corrected chi connectivity index (χ0v) is 18.8. The summed E-state index contributed by atoms with van der Waals surface area (Å²) in [5, 5.41) is 9.33. The predicted octanol–water partition coefficient (Wildman–Crippen LogP) is 3.47. The Kier molecular flexibility index (Phi) is 9.73. The van der Waals surface area contributed by atoms with Crippen LogP contribution in [0.5, 0.6) is 0 Å². The highest BCUT2D eigenvalue weighted by molar-refractivity contribution is 7.80. The minimum Gasteiger partial charge on any atom is -0.351 e. The number of rotatable bonds is 9. The van der Waals surface area contributed by atoms with Gasteiger partial charge in [0.2, 0.25) is 5.91 Å². The van der Waals surface area contributed by atoms with Crippen molar-refractivity contribution < 1.29 is 9.59 Å². The van der Waals surface area contributed by atoms with Crippen LogP contribution in [-0.2, 0) is 11.2 Å². The van der Waals surface area contributed by atoms with Crippen LogP contribution < -0.4 is 16.0 Å². The number of nitrogens with zero attached hydrogens (tertiary/aromatic N) is 1. The Labute approximate surface area is 188 Å². The van der Waals surface area contributed by atoms with Gasteiger partial charge in [-0.3, -0.25) is 9.59 Å². The van der Waals surface area contributed by atoms with E-state index in [4.69, 9.17) is 23.8 Å². The number of halogens is 1. The zero-order valence-electron chi connectivity index (χ0n) is 17.2. The highest BCUT2D eigenvalue weighted by Crippen LogP contribution is 2.11. The van der Waals surface area contributed by atoms with Crippen LogP contribution in [0.2, 0.25) is 5.02 Å². The molecule has 160 valence electrons. The van der Waals surface area contributed by atoms with E-state index in [1.165, 1.54) is 0 Å². The lowest BCUT2D eigenvalue weighted by Gasteiger charge is -2.18. The molecular formula is C22H27ClN4O2S. The third-order valence-electron chi connectivity index (χ3n) is 4.54. The van der Waals surface area contributed by atoms with E-state index in [0.717, 1.165) is 25.2 Å². The van der Waals surface area contributed by atoms with Crippen LogP contribution in [0.4, 0.5) is 5.69 Å². The molecule has 30 heavy (non-hydrogen) atoms. The van der Waals surface area contributed by atoms with Crippen LogP contribution in [0.3, 0.4) is 0 Å². The van der Waals surface area contributed by atoms with Crippen molar-refractivity contribution in [1.82, 2.24) is 15.5 Å². The molecule has 0 heterocycles. The molecule has 0 aliphatic heterocycles. The second-order valence-electron chi connectivity index (χ2n) is 6.67. The summed E-state index contributed by atoms with van der Waals surface area (Å²) in [6, 6.07) is 14.0. The third kappa shape index (κ3) is 8.10. The van der Waals surface area contributed by atoms with Gasteiger partial charge in [0.15, 0.2) is 5.11 Å². The standard InChI is InChI=1S/C22H27ClN4O2S/c1-3-27(4-2)14-13-24-21(29)17-7-11-19(12-8-17)25-22(30)26-20(28)15-16-5-9-18(23)10-6-16/h5-12H,3-4,13-15H2,1-2H3,(H,24,29)(H2,25,26,28,30). The van der Waals surface area contributed by atoms with Gasteiger partial charge in [-0.2, -0.15) is 0 Å². The molecule has 0 fully saturated rings. The van der Waals surface area contributed by atoms with Crippen molar-refractivity contribution in [2.24, 2.45) is 0 Å². The molecule has 0 radical (unpaired) electrons. The Morgan fingerprint density at radius 3 is 2.23 bits per heavy atom. The summed E-state index contributed by atoms with van der Waals surface area (Å²) in [6.45, 7) is 7.54. The van der Waals surface area contributed by atoms with Gasteiger partial charge in [0.05, 0.1) is 6.42 Å². The lowest BCUT2D eigenvalue weighted by Crippen LogP contribution is -2.35. The molecule has 3 N–H and O–H groups in total. The molecule has 0 spiro atoms. The summed E-state index contributed by atoms with van der Waals surface area (Å²) in [5.74, 6) is -0.341. The number of anilines is 1. The van der Waals surface area contributed by atoms with Gasteiger partial charge >= 0.3 is 0 Å². The van der Waals surface area contributed by atoms with E-state index in [0.29, 0.717) is 22.8 Å². The summed E-state index contributed by atoms with van der Waals surface area (Å²) in [5.41, 5.74) is 2.10. The summed E-state index contributed by atoms with van der Waals surface area (Å²) in [7, 11) is 0. The molecule has 0 bridgehead atoms. The van der Waals surface area contributed by atoms with Crippen molar-refractivity contribution in [1.29, 1.82) is 0 Å². The Morgan fingerprint density at radius 2 is 1.63 bits per heavy atom. The SMILES string of the molecule is CCN(CC)CCNC(=O)c1ccc(NC(=S)NC(=O)Cc2ccc(Cl)cc2)cc1. The maximum absolute atomic E-state index is 12.2. The molecule has 0 unspecified atom stereocenters. The van der Waals surface area contributed by atoms with Crippen molar-refractivity contribution in [3.8, 4) is 0 Å². The molecule has 0 saturated heterocycles. The summed E-state index contributed by atoms with van der Waals surface area (Å²) < 4.78 is 0. The minimum absolute atomic E-state index is 0.118. The number of likely N-dealkylation sites (N-methyl/N-ethyl adjacent to an activating group) is 1. The van der Waals surface area contributed by atoms with Crippen LogP contribution in [0, 0.1) is 0 Å². The topological polar surface area (TPSA) is 73.5 Å². The molecule has 0 aromatic heterocycles. The number of amides is 2. The highest BCUT2D eigenvalue weighted by atomic mass is 35.5. The number of nitrogens with one attached hydrogen (secondary N) is 3. The summed E-state index contributed by atoms with van der Waals surface area (Å²) in [6.07, 6.45) is 0.200. The molecule has 6 nitrogen and oxygen atoms in total. The lowest BCUT2D eigenvalue weighted by molar-refractivity contribution is -0.119. The van der Waals surface area contributed by atoms with Crippen molar-refractivity contribution in [2.75, 3.05) is 31.5 Å². The molecule has 2 amide bonds. The Morgan fingerprint density at radius 1 is 1.00 bits per heavy atom. The first kappa shape index (κ1) is 23.8. The van der Waals surface area contributed by atoms with Gasteiger partial charge in [0.1, 0.15) is 0 Å². The maximum atomic E-state index is 12.2. The first-order chi connectivity index (χ1) is 14.4. The van der Waals surface area contributed by atoms with Crippen LogP contribution >= 0.6 is 23.8 Å². The fourth-order valence-corrected chi connectivity index (χ4v) is 3.15. The molecule has 2 aromatic rings. The number of thiocarbonyl (C=S) groups is 1. The van der Waals surface area contributed by atoms with Gasteiger partial charge in [0, 0.05) is 29.4 Å². The number of hydrogen-bond donors (Lipinski definition) is 3. The fraction of sp³-hybridized carbons (Fsp3) is 0.318. The second kappa shape index (κ2) is 12.3. The van der Waals surface area contributed by atoms with Crippen molar-refractivity contribution in [3.05, 3.63) is 64.7 Å². The molecular weight excluding hydrogens is 420 g/mol. The maximum Gasteiger partial charge on any atom is 0.251 e. The van der Waals surface area contributed by atoms with E-state index in [1.54, 1.807) is 48.5 Å². The van der Waals surface area contributed by atoms with E-state index >= 15 is 0 Å². The quantitative estimate of drug-likeness (QED) is 0.514. The zero-order chi connectivity index (χ0) is 21.9. The number of carbonyl (C=O) groups excluding carboxylic acids is 2. The average Bonchev–Trinajstić information content (AvgIpc) is 2.73.